The Morgan fingerprint density at radius 1 is 1.33 bits per heavy atom. The van der Waals surface area contributed by atoms with Crippen molar-refractivity contribution in [3.63, 3.8) is 0 Å². The molecule has 0 amide bonds. The van der Waals surface area contributed by atoms with Crippen LogP contribution in [0.3, 0.4) is 0 Å². The first-order valence-corrected chi connectivity index (χ1v) is 6.24. The Balaban J connectivity index is 2.13. The molecule has 0 saturated heterocycles. The lowest BCUT2D eigenvalue weighted by molar-refractivity contribution is 0.462. The number of ether oxygens (including phenoxy) is 1. The molecular formula is C14H11BrN2O. The van der Waals surface area contributed by atoms with Crippen LogP contribution in [0, 0.1) is 18.3 Å². The van der Waals surface area contributed by atoms with Crippen LogP contribution < -0.4 is 4.74 Å². The molecular weight excluding hydrogens is 292 g/mol. The van der Waals surface area contributed by atoms with Crippen molar-refractivity contribution in [1.82, 2.24) is 4.98 Å². The van der Waals surface area contributed by atoms with Crippen molar-refractivity contribution in [3.8, 4) is 17.7 Å². The van der Waals surface area contributed by atoms with Gasteiger partial charge in [-0.15, -0.1) is 0 Å². The molecule has 0 radical (unpaired) electrons. The average Bonchev–Trinajstić information content (AvgIpc) is 2.37. The summed E-state index contributed by atoms with van der Waals surface area (Å²) in [6.07, 6.45) is 2.13. The summed E-state index contributed by atoms with van der Waals surface area (Å²) in [6, 6.07) is 11.4. The van der Waals surface area contributed by atoms with Gasteiger partial charge in [-0.1, -0.05) is 12.1 Å². The highest BCUT2D eigenvalue weighted by atomic mass is 79.9. The van der Waals surface area contributed by atoms with Crippen LogP contribution in [-0.4, -0.2) is 4.98 Å². The van der Waals surface area contributed by atoms with Crippen LogP contribution in [0.2, 0.25) is 0 Å². The predicted molar refractivity (Wildman–Crippen MR) is 72.5 cm³/mol. The van der Waals surface area contributed by atoms with Crippen molar-refractivity contribution in [3.05, 3.63) is 52.1 Å². The molecule has 1 heterocycles. The fourth-order valence-corrected chi connectivity index (χ4v) is 1.67. The third-order valence-electron chi connectivity index (χ3n) is 2.45. The number of nitriles is 1. The smallest absolute Gasteiger partial charge is 0.219 e. The Hall–Kier alpha value is -1.86. The summed E-state index contributed by atoms with van der Waals surface area (Å²) in [6.45, 7) is 1.98. The fraction of sp³-hybridized carbons (Fsp3) is 0.143. The standard InChI is InChI=1S/C14H11BrN2O/c1-10-8-14(17-9-13(10)15)18-12-4-2-11(3-5-12)6-7-16/h2-5,8-9H,6H2,1H3. The van der Waals surface area contributed by atoms with Gasteiger partial charge in [0.25, 0.3) is 0 Å². The van der Waals surface area contributed by atoms with E-state index < -0.39 is 0 Å². The van der Waals surface area contributed by atoms with Crippen molar-refractivity contribution in [2.45, 2.75) is 13.3 Å². The van der Waals surface area contributed by atoms with Gasteiger partial charge in [0.15, 0.2) is 0 Å². The van der Waals surface area contributed by atoms with Gasteiger partial charge in [0.05, 0.1) is 12.5 Å². The SMILES string of the molecule is Cc1cc(Oc2ccc(CC#N)cc2)ncc1Br. The number of benzene rings is 1. The van der Waals surface area contributed by atoms with Crippen LogP contribution in [0.1, 0.15) is 11.1 Å². The Bertz CT molecular complexity index is 588. The van der Waals surface area contributed by atoms with E-state index >= 15 is 0 Å². The lowest BCUT2D eigenvalue weighted by Gasteiger charge is -2.06. The summed E-state index contributed by atoms with van der Waals surface area (Å²) >= 11 is 3.39. The molecule has 90 valence electrons. The second-order valence-corrected chi connectivity index (χ2v) is 4.71. The molecule has 1 aromatic carbocycles. The quantitative estimate of drug-likeness (QED) is 0.860. The molecule has 0 aliphatic rings. The van der Waals surface area contributed by atoms with Gasteiger partial charge in [0.1, 0.15) is 5.75 Å². The maximum Gasteiger partial charge on any atom is 0.219 e. The zero-order valence-corrected chi connectivity index (χ0v) is 11.4. The van der Waals surface area contributed by atoms with Crippen LogP contribution in [-0.2, 0) is 6.42 Å². The number of hydrogen-bond acceptors (Lipinski definition) is 3. The van der Waals surface area contributed by atoms with E-state index in [1.165, 1.54) is 0 Å². The zero-order valence-electron chi connectivity index (χ0n) is 9.85. The third-order valence-corrected chi connectivity index (χ3v) is 3.28. The Labute approximate surface area is 114 Å². The number of aryl methyl sites for hydroxylation is 1. The van der Waals surface area contributed by atoms with E-state index in [9.17, 15) is 0 Å². The van der Waals surface area contributed by atoms with Crippen LogP contribution in [0.15, 0.2) is 41.0 Å². The van der Waals surface area contributed by atoms with Crippen molar-refractivity contribution >= 4 is 15.9 Å². The first-order valence-electron chi connectivity index (χ1n) is 5.45. The number of halogens is 1. The van der Waals surface area contributed by atoms with E-state index in [0.29, 0.717) is 18.1 Å². The summed E-state index contributed by atoms with van der Waals surface area (Å²) in [5, 5.41) is 8.59. The molecule has 0 aliphatic heterocycles. The van der Waals surface area contributed by atoms with Crippen molar-refractivity contribution < 1.29 is 4.74 Å². The van der Waals surface area contributed by atoms with E-state index in [0.717, 1.165) is 15.6 Å². The minimum atomic E-state index is 0.413. The molecule has 2 aromatic rings. The fourth-order valence-electron chi connectivity index (χ4n) is 1.46. The van der Waals surface area contributed by atoms with E-state index in [1.807, 2.05) is 37.3 Å². The molecule has 0 aliphatic carbocycles. The molecule has 4 heteroatoms. The molecule has 0 saturated carbocycles. The van der Waals surface area contributed by atoms with Crippen LogP contribution in [0.5, 0.6) is 11.6 Å². The van der Waals surface area contributed by atoms with Crippen LogP contribution >= 0.6 is 15.9 Å². The van der Waals surface area contributed by atoms with E-state index in [4.69, 9.17) is 10.00 Å². The molecule has 3 nitrogen and oxygen atoms in total. The molecule has 0 spiro atoms. The van der Waals surface area contributed by atoms with Gasteiger partial charge in [0, 0.05) is 16.7 Å². The minimum Gasteiger partial charge on any atom is -0.439 e. The second kappa shape index (κ2) is 5.65. The average molecular weight is 303 g/mol. The Morgan fingerprint density at radius 2 is 2.06 bits per heavy atom. The van der Waals surface area contributed by atoms with E-state index in [2.05, 4.69) is 27.0 Å². The monoisotopic (exact) mass is 302 g/mol. The highest BCUT2D eigenvalue weighted by Crippen LogP contribution is 2.23. The Morgan fingerprint density at radius 3 is 2.67 bits per heavy atom. The number of hydrogen-bond donors (Lipinski definition) is 0. The molecule has 18 heavy (non-hydrogen) atoms. The summed E-state index contributed by atoms with van der Waals surface area (Å²) in [5.41, 5.74) is 2.05. The van der Waals surface area contributed by atoms with Gasteiger partial charge in [-0.25, -0.2) is 4.98 Å². The summed E-state index contributed by atoms with van der Waals surface area (Å²) in [7, 11) is 0. The largest absolute Gasteiger partial charge is 0.439 e. The highest BCUT2D eigenvalue weighted by molar-refractivity contribution is 9.10. The molecule has 0 atom stereocenters. The maximum absolute atomic E-state index is 8.59. The highest BCUT2D eigenvalue weighted by Gasteiger charge is 2.02. The second-order valence-electron chi connectivity index (χ2n) is 3.85. The van der Waals surface area contributed by atoms with Gasteiger partial charge in [-0.2, -0.15) is 5.26 Å². The molecule has 0 unspecified atom stereocenters. The topological polar surface area (TPSA) is 45.9 Å². The summed E-state index contributed by atoms with van der Waals surface area (Å²) < 4.78 is 6.59. The molecule has 2 rings (SSSR count). The normalized spacial score (nSPS) is 9.83. The van der Waals surface area contributed by atoms with Crippen molar-refractivity contribution in [2.24, 2.45) is 0 Å². The molecule has 1 aromatic heterocycles. The first-order chi connectivity index (χ1) is 8.69. The predicted octanol–water partition coefficient (Wildman–Crippen LogP) is 4.01. The Kier molecular flexibility index (Phi) is 3.96. The van der Waals surface area contributed by atoms with Gasteiger partial charge >= 0.3 is 0 Å². The number of rotatable bonds is 3. The minimum absolute atomic E-state index is 0.413. The molecule has 0 fully saturated rings. The number of aromatic nitrogens is 1. The number of pyridine rings is 1. The van der Waals surface area contributed by atoms with Crippen molar-refractivity contribution in [2.75, 3.05) is 0 Å². The van der Waals surface area contributed by atoms with Crippen LogP contribution in [0.25, 0.3) is 0 Å². The van der Waals surface area contributed by atoms with Gasteiger partial charge in [0.2, 0.25) is 5.88 Å². The zero-order chi connectivity index (χ0) is 13.0. The van der Waals surface area contributed by atoms with E-state index in [1.54, 1.807) is 6.20 Å². The van der Waals surface area contributed by atoms with Gasteiger partial charge < -0.3 is 4.74 Å². The van der Waals surface area contributed by atoms with Crippen LogP contribution in [0.4, 0.5) is 0 Å². The maximum atomic E-state index is 8.59. The van der Waals surface area contributed by atoms with Gasteiger partial charge in [-0.3, -0.25) is 0 Å². The van der Waals surface area contributed by atoms with Gasteiger partial charge in [-0.05, 0) is 46.1 Å². The number of nitrogens with zero attached hydrogens (tertiary/aromatic N) is 2. The lowest BCUT2D eigenvalue weighted by atomic mass is 10.2. The summed E-state index contributed by atoms with van der Waals surface area (Å²) in [5.74, 6) is 1.27. The summed E-state index contributed by atoms with van der Waals surface area (Å²) in [4.78, 5) is 4.17. The lowest BCUT2D eigenvalue weighted by Crippen LogP contribution is -1.90. The van der Waals surface area contributed by atoms with E-state index in [-0.39, 0.29) is 0 Å². The molecule has 0 N–H and O–H groups in total. The van der Waals surface area contributed by atoms with Crippen molar-refractivity contribution in [1.29, 1.82) is 5.26 Å². The molecule has 0 bridgehead atoms. The first kappa shape index (κ1) is 12.6. The third kappa shape index (κ3) is 3.08.